The van der Waals surface area contributed by atoms with Gasteiger partial charge in [-0.05, 0) is 58.3 Å². The van der Waals surface area contributed by atoms with Crippen LogP contribution in [-0.4, -0.2) is 55.5 Å². The number of likely N-dealkylation sites (tertiary alicyclic amines) is 1. The van der Waals surface area contributed by atoms with Crippen LogP contribution in [0.15, 0.2) is 6.07 Å². The van der Waals surface area contributed by atoms with Crippen LogP contribution in [0.25, 0.3) is 0 Å². The van der Waals surface area contributed by atoms with Crippen molar-refractivity contribution in [2.75, 3.05) is 33.4 Å². The molecule has 1 saturated heterocycles. The van der Waals surface area contributed by atoms with Gasteiger partial charge in [0.05, 0.1) is 12.7 Å². The smallest absolute Gasteiger partial charge is 0.0900 e. The molecule has 2 unspecified atom stereocenters. The highest BCUT2D eigenvalue weighted by atomic mass is 32.1. The summed E-state index contributed by atoms with van der Waals surface area (Å²) in [7, 11) is 1.63. The minimum atomic E-state index is -0.370. The van der Waals surface area contributed by atoms with Gasteiger partial charge >= 0.3 is 0 Å². The van der Waals surface area contributed by atoms with Gasteiger partial charge in [0, 0.05) is 35.5 Å². The highest BCUT2D eigenvalue weighted by Crippen LogP contribution is 2.27. The average molecular weight is 327 g/mol. The number of nitrogens with one attached hydrogen (secondary N) is 1. The van der Waals surface area contributed by atoms with E-state index in [1.54, 1.807) is 7.11 Å². The highest BCUT2D eigenvalue weighted by Gasteiger charge is 2.23. The van der Waals surface area contributed by atoms with Gasteiger partial charge in [-0.25, -0.2) is 0 Å². The molecule has 0 amide bonds. The van der Waals surface area contributed by atoms with Crippen LogP contribution in [0.2, 0.25) is 0 Å². The number of rotatable bonds is 7. The summed E-state index contributed by atoms with van der Waals surface area (Å²) in [5.41, 5.74) is 1.44. The fourth-order valence-electron chi connectivity index (χ4n) is 3.35. The number of hydrogen-bond donors (Lipinski definition) is 2. The Bertz CT molecular complexity index is 456. The van der Waals surface area contributed by atoms with Crippen molar-refractivity contribution in [3.8, 4) is 0 Å². The molecule has 1 aromatic rings. The summed E-state index contributed by atoms with van der Waals surface area (Å²) in [6, 6.07) is 3.31. The molecule has 1 fully saturated rings. The zero-order valence-electron chi connectivity index (χ0n) is 14.3. The summed E-state index contributed by atoms with van der Waals surface area (Å²) < 4.78 is 4.99. The molecule has 22 heavy (non-hydrogen) atoms. The van der Waals surface area contributed by atoms with Crippen LogP contribution < -0.4 is 5.32 Å². The monoisotopic (exact) mass is 326 g/mol. The molecule has 0 aliphatic carbocycles. The Hall–Kier alpha value is -0.460. The van der Waals surface area contributed by atoms with Gasteiger partial charge in [-0.3, -0.25) is 0 Å². The van der Waals surface area contributed by atoms with E-state index in [9.17, 15) is 5.11 Å². The number of methoxy groups -OCH3 is 1. The molecule has 0 radical (unpaired) electrons. The van der Waals surface area contributed by atoms with Crippen molar-refractivity contribution in [1.29, 1.82) is 0 Å². The first-order valence-corrected chi connectivity index (χ1v) is 9.03. The number of aliphatic hydroxyl groups excluding tert-OH is 1. The second-order valence-electron chi connectivity index (χ2n) is 6.44. The number of nitrogens with zero attached hydrogens (tertiary/aromatic N) is 1. The zero-order valence-corrected chi connectivity index (χ0v) is 15.1. The van der Waals surface area contributed by atoms with Gasteiger partial charge in [0.15, 0.2) is 0 Å². The minimum Gasteiger partial charge on any atom is -0.389 e. The molecule has 1 aliphatic heterocycles. The quantitative estimate of drug-likeness (QED) is 0.808. The first-order chi connectivity index (χ1) is 10.5. The Morgan fingerprint density at radius 2 is 2.09 bits per heavy atom. The Balaban J connectivity index is 1.76. The third-order valence-corrected chi connectivity index (χ3v) is 5.43. The second kappa shape index (κ2) is 8.41. The van der Waals surface area contributed by atoms with Gasteiger partial charge in [-0.1, -0.05) is 0 Å². The third-order valence-electron chi connectivity index (χ3n) is 4.45. The number of aliphatic hydroxyl groups is 1. The van der Waals surface area contributed by atoms with Crippen molar-refractivity contribution in [2.45, 2.75) is 51.8 Å². The molecule has 0 spiro atoms. The van der Waals surface area contributed by atoms with Gasteiger partial charge in [0.25, 0.3) is 0 Å². The molecule has 0 bridgehead atoms. The number of hydrogen-bond acceptors (Lipinski definition) is 5. The van der Waals surface area contributed by atoms with Crippen LogP contribution in [0.5, 0.6) is 0 Å². The van der Waals surface area contributed by atoms with Gasteiger partial charge in [-0.2, -0.15) is 0 Å². The van der Waals surface area contributed by atoms with Crippen LogP contribution >= 0.6 is 11.3 Å². The molecule has 4 nitrogen and oxygen atoms in total. The Kier molecular flexibility index (Phi) is 6.84. The summed E-state index contributed by atoms with van der Waals surface area (Å²) in [4.78, 5) is 5.16. The maximum atomic E-state index is 9.81. The summed E-state index contributed by atoms with van der Waals surface area (Å²) in [5.74, 6) is 0. The number of β-amino-alcohol motifs (C(OH)–C–C–N with tert-alkyl or cyclic N) is 1. The van der Waals surface area contributed by atoms with Crippen LogP contribution in [0, 0.1) is 13.8 Å². The molecular formula is C17H30N2O2S. The van der Waals surface area contributed by atoms with E-state index in [-0.39, 0.29) is 6.10 Å². The van der Waals surface area contributed by atoms with E-state index in [1.165, 1.54) is 15.3 Å². The van der Waals surface area contributed by atoms with Crippen LogP contribution in [0.3, 0.4) is 0 Å². The molecule has 0 aromatic carbocycles. The predicted octanol–water partition coefficient (Wildman–Crippen LogP) is 2.49. The van der Waals surface area contributed by atoms with Crippen molar-refractivity contribution in [3.63, 3.8) is 0 Å². The van der Waals surface area contributed by atoms with Crippen molar-refractivity contribution in [3.05, 3.63) is 21.4 Å². The standard InChI is InChI=1S/C17H30N2O2S/c1-12-9-17(14(3)22-12)13(2)18-15-5-7-19(8-6-15)10-16(20)11-21-4/h9,13,15-16,18,20H,5-8,10-11H2,1-4H3. The number of thiophene rings is 1. The SMILES string of the molecule is COCC(O)CN1CCC(NC(C)c2cc(C)sc2C)CC1. The molecular weight excluding hydrogens is 296 g/mol. The van der Waals surface area contributed by atoms with E-state index in [1.807, 2.05) is 11.3 Å². The van der Waals surface area contributed by atoms with Crippen LogP contribution in [0.4, 0.5) is 0 Å². The van der Waals surface area contributed by atoms with E-state index in [2.05, 4.69) is 37.1 Å². The summed E-state index contributed by atoms with van der Waals surface area (Å²) >= 11 is 1.88. The summed E-state index contributed by atoms with van der Waals surface area (Å²) in [6.07, 6.45) is 1.92. The first kappa shape index (κ1) is 17.9. The zero-order chi connectivity index (χ0) is 16.1. The largest absolute Gasteiger partial charge is 0.389 e. The number of aryl methyl sites for hydroxylation is 2. The lowest BCUT2D eigenvalue weighted by molar-refractivity contribution is 0.0308. The molecule has 2 rings (SSSR count). The van der Waals surface area contributed by atoms with E-state index in [0.29, 0.717) is 18.7 Å². The minimum absolute atomic E-state index is 0.370. The summed E-state index contributed by atoms with van der Waals surface area (Å²) in [5, 5.41) is 13.6. The average Bonchev–Trinajstić information content (AvgIpc) is 2.80. The van der Waals surface area contributed by atoms with Gasteiger partial charge in [0.1, 0.15) is 0 Å². The maximum Gasteiger partial charge on any atom is 0.0900 e. The second-order valence-corrected chi connectivity index (χ2v) is 7.90. The van der Waals surface area contributed by atoms with E-state index >= 15 is 0 Å². The maximum absolute atomic E-state index is 9.81. The molecule has 1 aromatic heterocycles. The van der Waals surface area contributed by atoms with Crippen molar-refractivity contribution in [1.82, 2.24) is 10.2 Å². The number of ether oxygens (including phenoxy) is 1. The predicted molar refractivity (Wildman–Crippen MR) is 92.7 cm³/mol. The molecule has 126 valence electrons. The molecule has 1 aliphatic rings. The highest BCUT2D eigenvalue weighted by molar-refractivity contribution is 7.12. The van der Waals surface area contributed by atoms with Crippen molar-refractivity contribution in [2.24, 2.45) is 0 Å². The van der Waals surface area contributed by atoms with E-state index in [0.717, 1.165) is 32.5 Å². The van der Waals surface area contributed by atoms with E-state index in [4.69, 9.17) is 4.74 Å². The molecule has 2 atom stereocenters. The normalized spacial score (nSPS) is 20.2. The van der Waals surface area contributed by atoms with Crippen molar-refractivity contribution < 1.29 is 9.84 Å². The molecule has 2 heterocycles. The lowest BCUT2D eigenvalue weighted by Gasteiger charge is -2.34. The third kappa shape index (κ3) is 5.03. The lowest BCUT2D eigenvalue weighted by atomic mass is 10.0. The number of piperidine rings is 1. The fourth-order valence-corrected chi connectivity index (χ4v) is 4.37. The van der Waals surface area contributed by atoms with Gasteiger partial charge in [-0.15, -0.1) is 11.3 Å². The topological polar surface area (TPSA) is 44.7 Å². The van der Waals surface area contributed by atoms with Gasteiger partial charge in [0.2, 0.25) is 0 Å². The molecule has 2 N–H and O–H groups in total. The van der Waals surface area contributed by atoms with E-state index < -0.39 is 0 Å². The Morgan fingerprint density at radius 1 is 1.41 bits per heavy atom. The van der Waals surface area contributed by atoms with Crippen molar-refractivity contribution >= 4 is 11.3 Å². The Labute approximate surface area is 138 Å². The van der Waals surface area contributed by atoms with Gasteiger partial charge < -0.3 is 20.1 Å². The van der Waals surface area contributed by atoms with Crippen LogP contribution in [0.1, 0.15) is 41.1 Å². The Morgan fingerprint density at radius 3 is 2.64 bits per heavy atom. The van der Waals surface area contributed by atoms with Crippen LogP contribution in [-0.2, 0) is 4.74 Å². The molecule has 0 saturated carbocycles. The fraction of sp³-hybridized carbons (Fsp3) is 0.765. The first-order valence-electron chi connectivity index (χ1n) is 8.22. The lowest BCUT2D eigenvalue weighted by Crippen LogP contribution is -2.46. The molecule has 5 heteroatoms. The summed E-state index contributed by atoms with van der Waals surface area (Å²) in [6.45, 7) is 9.90.